The van der Waals surface area contributed by atoms with E-state index in [1.54, 1.807) is 19.2 Å². The van der Waals surface area contributed by atoms with E-state index in [9.17, 15) is 0 Å². The third-order valence-electron chi connectivity index (χ3n) is 2.58. The van der Waals surface area contributed by atoms with E-state index >= 15 is 0 Å². The van der Waals surface area contributed by atoms with Crippen molar-refractivity contribution in [3.63, 3.8) is 0 Å². The topological polar surface area (TPSA) is 59.0 Å². The van der Waals surface area contributed by atoms with Crippen LogP contribution >= 0.6 is 0 Å². The van der Waals surface area contributed by atoms with Crippen LogP contribution in [0.1, 0.15) is 5.56 Å². The minimum atomic E-state index is 0.616. The Morgan fingerprint density at radius 1 is 1.06 bits per heavy atom. The third kappa shape index (κ3) is 2.21. The van der Waals surface area contributed by atoms with Crippen LogP contribution in [0.4, 0.5) is 5.69 Å². The van der Waals surface area contributed by atoms with Gasteiger partial charge in [-0.1, -0.05) is 18.2 Å². The van der Waals surface area contributed by atoms with Crippen LogP contribution in [0, 0.1) is 11.3 Å². The summed E-state index contributed by atoms with van der Waals surface area (Å²) in [5, 5.41) is 8.73. The van der Waals surface area contributed by atoms with Crippen LogP contribution < -0.4 is 10.5 Å². The number of hydrogen-bond donors (Lipinski definition) is 1. The number of nitrogens with two attached hydrogens (primary N) is 1. The number of nitrogen functional groups attached to an aromatic ring is 1. The summed E-state index contributed by atoms with van der Waals surface area (Å²) >= 11 is 0. The highest BCUT2D eigenvalue weighted by molar-refractivity contribution is 5.70. The van der Waals surface area contributed by atoms with Crippen molar-refractivity contribution in [3.8, 4) is 22.9 Å². The molecule has 0 bridgehead atoms. The highest BCUT2D eigenvalue weighted by Gasteiger charge is 2.03. The molecule has 0 heterocycles. The zero-order chi connectivity index (χ0) is 12.3. The number of nitrogens with zero attached hydrogens (tertiary/aromatic N) is 1. The van der Waals surface area contributed by atoms with Gasteiger partial charge in [0.25, 0.3) is 0 Å². The Morgan fingerprint density at radius 2 is 1.71 bits per heavy atom. The maximum absolute atomic E-state index is 8.73. The fourth-order valence-corrected chi connectivity index (χ4v) is 1.63. The molecule has 0 amide bonds. The predicted octanol–water partition coefficient (Wildman–Crippen LogP) is 2.82. The van der Waals surface area contributed by atoms with Crippen molar-refractivity contribution in [2.75, 3.05) is 12.8 Å². The fourth-order valence-electron chi connectivity index (χ4n) is 1.63. The lowest BCUT2D eigenvalue weighted by Gasteiger charge is -2.07. The molecule has 0 aliphatic carbocycles. The van der Waals surface area contributed by atoms with Gasteiger partial charge >= 0.3 is 0 Å². The van der Waals surface area contributed by atoms with Crippen molar-refractivity contribution < 1.29 is 4.74 Å². The summed E-state index contributed by atoms with van der Waals surface area (Å²) in [4.78, 5) is 0. The van der Waals surface area contributed by atoms with Crippen molar-refractivity contribution in [2.45, 2.75) is 0 Å². The first-order valence-corrected chi connectivity index (χ1v) is 5.18. The molecule has 0 aliphatic rings. The Balaban J connectivity index is 2.42. The lowest BCUT2D eigenvalue weighted by molar-refractivity contribution is 0.417. The van der Waals surface area contributed by atoms with Crippen LogP contribution in [0.3, 0.4) is 0 Å². The van der Waals surface area contributed by atoms with E-state index in [-0.39, 0.29) is 0 Å². The quantitative estimate of drug-likeness (QED) is 0.798. The smallest absolute Gasteiger partial charge is 0.142 e. The molecule has 2 rings (SSSR count). The summed E-state index contributed by atoms with van der Waals surface area (Å²) in [5.74, 6) is 0.659. The Labute approximate surface area is 100 Å². The molecule has 0 aliphatic heterocycles. The molecule has 0 unspecified atom stereocenters. The van der Waals surface area contributed by atoms with E-state index < -0.39 is 0 Å². The van der Waals surface area contributed by atoms with Crippen LogP contribution in [-0.4, -0.2) is 7.11 Å². The molecule has 2 N–H and O–H groups in total. The highest BCUT2D eigenvalue weighted by atomic mass is 16.5. The molecular weight excluding hydrogens is 212 g/mol. The standard InChI is InChI=1S/C14H12N2O/c1-17-14-8-12(6-7-13(14)16)11-4-2-10(9-15)3-5-11/h2-8H,16H2,1H3. The number of hydrogen-bond acceptors (Lipinski definition) is 3. The fraction of sp³-hybridized carbons (Fsp3) is 0.0714. The number of benzene rings is 2. The molecule has 0 fully saturated rings. The first kappa shape index (κ1) is 11.0. The number of methoxy groups -OCH3 is 1. The molecule has 0 atom stereocenters. The molecule has 84 valence electrons. The van der Waals surface area contributed by atoms with Gasteiger partial charge in [0.15, 0.2) is 0 Å². The van der Waals surface area contributed by atoms with Gasteiger partial charge < -0.3 is 10.5 Å². The Bertz CT molecular complexity index is 568. The lowest BCUT2D eigenvalue weighted by Crippen LogP contribution is -1.92. The van der Waals surface area contributed by atoms with Crippen LogP contribution in [0.2, 0.25) is 0 Å². The van der Waals surface area contributed by atoms with Gasteiger partial charge in [-0.2, -0.15) is 5.26 Å². The van der Waals surface area contributed by atoms with Crippen molar-refractivity contribution >= 4 is 5.69 Å². The summed E-state index contributed by atoms with van der Waals surface area (Å²) in [5.41, 5.74) is 9.06. The maximum atomic E-state index is 8.73. The average Bonchev–Trinajstić information content (AvgIpc) is 2.39. The monoisotopic (exact) mass is 224 g/mol. The molecule has 0 spiro atoms. The molecule has 2 aromatic carbocycles. The van der Waals surface area contributed by atoms with Gasteiger partial charge in [0, 0.05) is 0 Å². The first-order chi connectivity index (χ1) is 8.24. The number of rotatable bonds is 2. The summed E-state index contributed by atoms with van der Waals surface area (Å²) < 4.78 is 5.17. The van der Waals surface area contributed by atoms with Gasteiger partial charge in [-0.25, -0.2) is 0 Å². The molecular formula is C14H12N2O. The van der Waals surface area contributed by atoms with Gasteiger partial charge in [0.2, 0.25) is 0 Å². The van der Waals surface area contributed by atoms with Crippen molar-refractivity contribution in [2.24, 2.45) is 0 Å². The molecule has 3 heteroatoms. The number of nitriles is 1. The Kier molecular flexibility index (Phi) is 2.97. The second-order valence-electron chi connectivity index (χ2n) is 3.65. The summed E-state index contributed by atoms with van der Waals surface area (Å²) in [6.45, 7) is 0. The minimum Gasteiger partial charge on any atom is -0.495 e. The molecule has 0 saturated heterocycles. The molecule has 0 saturated carbocycles. The average molecular weight is 224 g/mol. The van der Waals surface area contributed by atoms with Crippen LogP contribution in [0.25, 0.3) is 11.1 Å². The van der Waals surface area contributed by atoms with Gasteiger partial charge in [0.05, 0.1) is 24.4 Å². The van der Waals surface area contributed by atoms with Crippen molar-refractivity contribution in [1.29, 1.82) is 5.26 Å². The van der Waals surface area contributed by atoms with Crippen LogP contribution in [-0.2, 0) is 0 Å². The van der Waals surface area contributed by atoms with Gasteiger partial charge in [-0.15, -0.1) is 0 Å². The van der Waals surface area contributed by atoms with E-state index in [1.165, 1.54) is 0 Å². The van der Waals surface area contributed by atoms with Crippen molar-refractivity contribution in [3.05, 3.63) is 48.0 Å². The number of anilines is 1. The third-order valence-corrected chi connectivity index (χ3v) is 2.58. The zero-order valence-corrected chi connectivity index (χ0v) is 9.47. The number of ether oxygens (including phenoxy) is 1. The van der Waals surface area contributed by atoms with E-state index in [4.69, 9.17) is 15.7 Å². The SMILES string of the molecule is COc1cc(-c2ccc(C#N)cc2)ccc1N. The zero-order valence-electron chi connectivity index (χ0n) is 9.47. The Morgan fingerprint density at radius 3 is 2.29 bits per heavy atom. The lowest BCUT2D eigenvalue weighted by atomic mass is 10.0. The second-order valence-corrected chi connectivity index (χ2v) is 3.65. The summed E-state index contributed by atoms with van der Waals surface area (Å²) in [6, 6.07) is 15.1. The predicted molar refractivity (Wildman–Crippen MR) is 67.6 cm³/mol. The van der Waals surface area contributed by atoms with E-state index in [2.05, 4.69) is 6.07 Å². The van der Waals surface area contributed by atoms with Crippen LogP contribution in [0.5, 0.6) is 5.75 Å². The Hall–Kier alpha value is -2.47. The second kappa shape index (κ2) is 4.58. The highest BCUT2D eigenvalue weighted by Crippen LogP contribution is 2.28. The first-order valence-electron chi connectivity index (χ1n) is 5.18. The normalized spacial score (nSPS) is 9.65. The maximum Gasteiger partial charge on any atom is 0.142 e. The van der Waals surface area contributed by atoms with Crippen molar-refractivity contribution in [1.82, 2.24) is 0 Å². The van der Waals surface area contributed by atoms with Crippen LogP contribution in [0.15, 0.2) is 42.5 Å². The molecule has 17 heavy (non-hydrogen) atoms. The van der Waals surface area contributed by atoms with Gasteiger partial charge in [-0.3, -0.25) is 0 Å². The van der Waals surface area contributed by atoms with Gasteiger partial charge in [-0.05, 0) is 35.4 Å². The van der Waals surface area contributed by atoms with E-state index in [0.29, 0.717) is 17.0 Å². The van der Waals surface area contributed by atoms with Gasteiger partial charge in [0.1, 0.15) is 5.75 Å². The van der Waals surface area contributed by atoms with E-state index in [1.807, 2.05) is 30.3 Å². The minimum absolute atomic E-state index is 0.616. The molecule has 0 aromatic heterocycles. The molecule has 0 radical (unpaired) electrons. The summed E-state index contributed by atoms with van der Waals surface area (Å²) in [6.07, 6.45) is 0. The molecule has 3 nitrogen and oxygen atoms in total. The summed E-state index contributed by atoms with van der Waals surface area (Å²) in [7, 11) is 1.59. The largest absolute Gasteiger partial charge is 0.495 e. The molecule has 2 aromatic rings. The van der Waals surface area contributed by atoms with E-state index in [0.717, 1.165) is 11.1 Å².